The van der Waals surface area contributed by atoms with Crippen LogP contribution in [0.15, 0.2) is 23.1 Å². The summed E-state index contributed by atoms with van der Waals surface area (Å²) in [6, 6.07) is 3.66. The molecule has 2 nitrogen and oxygen atoms in total. The molecule has 0 amide bonds. The van der Waals surface area contributed by atoms with Crippen LogP contribution in [0, 0.1) is 12.7 Å². The number of benzene rings is 1. The van der Waals surface area contributed by atoms with Gasteiger partial charge in [-0.3, -0.25) is 4.21 Å². The Morgan fingerprint density at radius 1 is 1.55 bits per heavy atom. The maximum atomic E-state index is 12.4. The molecule has 60 valence electrons. The van der Waals surface area contributed by atoms with E-state index in [0.29, 0.717) is 5.56 Å². The number of hydrogen-bond acceptors (Lipinski definition) is 2. The van der Waals surface area contributed by atoms with Crippen molar-refractivity contribution in [2.24, 2.45) is 0 Å². The third-order valence-electron chi connectivity index (χ3n) is 1.33. The van der Waals surface area contributed by atoms with Crippen molar-refractivity contribution in [2.75, 3.05) is 0 Å². The zero-order valence-electron chi connectivity index (χ0n) is 5.83. The van der Waals surface area contributed by atoms with Gasteiger partial charge in [-0.05, 0) is 35.7 Å². The summed E-state index contributed by atoms with van der Waals surface area (Å²) in [7, 11) is 0. The highest BCUT2D eigenvalue weighted by Crippen LogP contribution is 2.12. The first kappa shape index (κ1) is 8.36. The molecule has 0 saturated carbocycles. The van der Waals surface area contributed by atoms with Gasteiger partial charge in [-0.15, -0.1) is 0 Å². The molecule has 4 heteroatoms. The molecule has 1 atom stereocenters. The normalized spacial score (nSPS) is 13.0. The predicted molar refractivity (Wildman–Crippen MR) is 38.3 cm³/mol. The van der Waals surface area contributed by atoms with E-state index in [-0.39, 0.29) is 4.90 Å². The molecule has 0 bridgehead atoms. The summed E-state index contributed by atoms with van der Waals surface area (Å²) in [5.41, 5.74) is 0.555. The summed E-state index contributed by atoms with van der Waals surface area (Å²) >= 11 is -2.34. The first-order chi connectivity index (χ1) is 5.11. The van der Waals surface area contributed by atoms with E-state index in [0.717, 1.165) is 6.07 Å². The Morgan fingerprint density at radius 3 is 2.64 bits per heavy atom. The summed E-state index contributed by atoms with van der Waals surface area (Å²) in [5, 5.41) is 0. The van der Waals surface area contributed by atoms with Crippen LogP contribution < -0.4 is 0 Å². The monoisotopic (exact) mass is 173 g/mol. The molecule has 11 heavy (non-hydrogen) atoms. The zero-order chi connectivity index (χ0) is 8.43. The van der Waals surface area contributed by atoms with Crippen LogP contribution in [0.2, 0.25) is 0 Å². The summed E-state index contributed by atoms with van der Waals surface area (Å²) in [6.45, 7) is 1.62. The Kier molecular flexibility index (Phi) is 2.36. The molecule has 1 unspecified atom stereocenters. The van der Waals surface area contributed by atoms with E-state index < -0.39 is 16.9 Å². The lowest BCUT2D eigenvalue weighted by Crippen LogP contribution is -1.93. The molecule has 0 spiro atoms. The Labute approximate surface area is 66.3 Å². The fourth-order valence-electron chi connectivity index (χ4n) is 0.753. The predicted octanol–water partition coefficient (Wildman–Crippen LogP) is 1.37. The van der Waals surface area contributed by atoms with Crippen molar-refractivity contribution in [3.63, 3.8) is 0 Å². The van der Waals surface area contributed by atoms with Crippen LogP contribution in [-0.2, 0) is 11.1 Å². The minimum atomic E-state index is -2.34. The molecule has 0 heterocycles. The van der Waals surface area contributed by atoms with Crippen LogP contribution in [0.1, 0.15) is 5.56 Å². The van der Waals surface area contributed by atoms with Gasteiger partial charge in [0.25, 0.3) is 0 Å². The minimum absolute atomic E-state index is 0.0185. The number of rotatable bonds is 1. The molecular weight excluding hydrogens is 167 g/mol. The van der Waals surface area contributed by atoms with E-state index in [4.69, 9.17) is 0 Å². The maximum absolute atomic E-state index is 12.4. The molecule has 0 aliphatic rings. The summed E-state index contributed by atoms with van der Waals surface area (Å²) in [5.74, 6) is -0.533. The fourth-order valence-corrected chi connectivity index (χ4v) is 1.29. The third-order valence-corrected chi connectivity index (χ3v) is 2.13. The summed E-state index contributed by atoms with van der Waals surface area (Å²) in [4.78, 5) is 0.0185. The number of halogens is 1. The molecule has 1 aromatic carbocycles. The average Bonchev–Trinajstić information content (AvgIpc) is 1.94. The van der Waals surface area contributed by atoms with Crippen LogP contribution in [0.5, 0.6) is 0 Å². The van der Waals surface area contributed by atoms with Gasteiger partial charge in [0, 0.05) is 4.90 Å². The summed E-state index contributed by atoms with van der Waals surface area (Å²) < 4.78 is 33.2. The molecular formula is C7H6FO2S-. The quantitative estimate of drug-likeness (QED) is 0.602. The van der Waals surface area contributed by atoms with Gasteiger partial charge in [-0.2, -0.15) is 0 Å². The van der Waals surface area contributed by atoms with Gasteiger partial charge in [-0.25, -0.2) is 4.39 Å². The molecule has 0 N–H and O–H groups in total. The molecule has 0 aliphatic heterocycles. The second-order valence-corrected chi connectivity index (χ2v) is 3.05. The van der Waals surface area contributed by atoms with E-state index in [1.54, 1.807) is 6.92 Å². The van der Waals surface area contributed by atoms with Crippen molar-refractivity contribution in [3.05, 3.63) is 29.6 Å². The standard InChI is InChI=1S/C7H7FO2S/c1-5-2-3-6(8)4-7(5)11(9)10/h2-4H,1H3,(H,9,10)/p-1. The maximum Gasteiger partial charge on any atom is 0.124 e. The molecule has 1 rings (SSSR count). The molecule has 0 saturated heterocycles. The Hall–Kier alpha value is -0.740. The first-order valence-electron chi connectivity index (χ1n) is 2.96. The van der Waals surface area contributed by atoms with Crippen LogP contribution in [0.4, 0.5) is 4.39 Å². The highest BCUT2D eigenvalue weighted by atomic mass is 32.2. The molecule has 0 aliphatic carbocycles. The SMILES string of the molecule is Cc1ccc(F)cc1S(=O)[O-]. The largest absolute Gasteiger partial charge is 0.768 e. The smallest absolute Gasteiger partial charge is 0.124 e. The number of aryl methyl sites for hydroxylation is 1. The minimum Gasteiger partial charge on any atom is -0.768 e. The van der Waals surface area contributed by atoms with Crippen LogP contribution >= 0.6 is 0 Å². The van der Waals surface area contributed by atoms with Gasteiger partial charge in [0.05, 0.1) is 0 Å². The average molecular weight is 173 g/mol. The van der Waals surface area contributed by atoms with Crippen LogP contribution in [0.3, 0.4) is 0 Å². The Morgan fingerprint density at radius 2 is 2.18 bits per heavy atom. The van der Waals surface area contributed by atoms with Crippen molar-refractivity contribution < 1.29 is 13.2 Å². The van der Waals surface area contributed by atoms with Crippen LogP contribution in [0.25, 0.3) is 0 Å². The number of hydrogen-bond donors (Lipinski definition) is 0. The van der Waals surface area contributed by atoms with Crippen molar-refractivity contribution in [1.82, 2.24) is 0 Å². The van der Waals surface area contributed by atoms with E-state index in [2.05, 4.69) is 0 Å². The van der Waals surface area contributed by atoms with Crippen molar-refractivity contribution in [3.8, 4) is 0 Å². The second kappa shape index (κ2) is 3.11. The van der Waals surface area contributed by atoms with E-state index >= 15 is 0 Å². The van der Waals surface area contributed by atoms with E-state index in [1.807, 2.05) is 0 Å². The van der Waals surface area contributed by atoms with Gasteiger partial charge in [0.1, 0.15) is 5.82 Å². The lowest BCUT2D eigenvalue weighted by atomic mass is 10.2. The van der Waals surface area contributed by atoms with Gasteiger partial charge in [-0.1, -0.05) is 6.07 Å². The molecule has 0 fully saturated rings. The summed E-state index contributed by atoms with van der Waals surface area (Å²) in [6.07, 6.45) is 0. The highest BCUT2D eigenvalue weighted by molar-refractivity contribution is 7.79. The first-order valence-corrected chi connectivity index (χ1v) is 4.04. The lowest BCUT2D eigenvalue weighted by molar-refractivity contribution is 0.534. The molecule has 1 aromatic rings. The van der Waals surface area contributed by atoms with Crippen molar-refractivity contribution in [2.45, 2.75) is 11.8 Å². The zero-order valence-corrected chi connectivity index (χ0v) is 6.65. The fraction of sp³-hybridized carbons (Fsp3) is 0.143. The van der Waals surface area contributed by atoms with E-state index in [9.17, 15) is 13.2 Å². The van der Waals surface area contributed by atoms with Crippen LogP contribution in [-0.4, -0.2) is 8.76 Å². The van der Waals surface area contributed by atoms with Crippen molar-refractivity contribution >= 4 is 11.1 Å². The molecule has 0 radical (unpaired) electrons. The van der Waals surface area contributed by atoms with Crippen molar-refractivity contribution in [1.29, 1.82) is 0 Å². The molecule has 0 aromatic heterocycles. The van der Waals surface area contributed by atoms with Gasteiger partial charge < -0.3 is 4.55 Å². The Balaban J connectivity index is 3.23. The van der Waals surface area contributed by atoms with Gasteiger partial charge in [0.2, 0.25) is 0 Å². The second-order valence-electron chi connectivity index (χ2n) is 2.14. The van der Waals surface area contributed by atoms with E-state index in [1.165, 1.54) is 12.1 Å². The highest BCUT2D eigenvalue weighted by Gasteiger charge is 1.99. The lowest BCUT2D eigenvalue weighted by Gasteiger charge is -2.07. The third kappa shape index (κ3) is 1.85. The van der Waals surface area contributed by atoms with Gasteiger partial charge >= 0.3 is 0 Å². The topological polar surface area (TPSA) is 40.1 Å². The Bertz CT molecular complexity index is 298. The van der Waals surface area contributed by atoms with Gasteiger partial charge in [0.15, 0.2) is 0 Å².